The minimum Gasteiger partial charge on any atom is -0.480 e. The summed E-state index contributed by atoms with van der Waals surface area (Å²) in [6.45, 7) is 1.62. The zero-order valence-electron chi connectivity index (χ0n) is 11.8. The summed E-state index contributed by atoms with van der Waals surface area (Å²) in [5.74, 6) is -2.45. The van der Waals surface area contributed by atoms with Crippen molar-refractivity contribution in [2.24, 2.45) is 5.41 Å². The molecule has 0 spiro atoms. The summed E-state index contributed by atoms with van der Waals surface area (Å²) < 4.78 is 0. The van der Waals surface area contributed by atoms with Crippen molar-refractivity contribution in [1.82, 2.24) is 0 Å². The third kappa shape index (κ3) is 4.08. The Hall–Kier alpha value is -1.84. The molecule has 0 aliphatic heterocycles. The molecule has 0 aromatic heterocycles. The van der Waals surface area contributed by atoms with Gasteiger partial charge < -0.3 is 10.2 Å². The van der Waals surface area contributed by atoms with E-state index in [9.17, 15) is 9.59 Å². The van der Waals surface area contributed by atoms with Gasteiger partial charge in [-0.3, -0.25) is 9.59 Å². The molecule has 0 amide bonds. The quantitative estimate of drug-likeness (QED) is 0.536. The maximum Gasteiger partial charge on any atom is 0.321 e. The fourth-order valence-corrected chi connectivity index (χ4v) is 2.36. The number of carbonyl (C=O) groups is 2. The molecule has 0 saturated heterocycles. The van der Waals surface area contributed by atoms with Crippen molar-refractivity contribution >= 4 is 11.9 Å². The molecule has 0 aliphatic carbocycles. The van der Waals surface area contributed by atoms with Crippen molar-refractivity contribution in [3.63, 3.8) is 0 Å². The van der Waals surface area contributed by atoms with Gasteiger partial charge >= 0.3 is 11.9 Å². The summed E-state index contributed by atoms with van der Waals surface area (Å²) in [6, 6.07) is 10.1. The van der Waals surface area contributed by atoms with Crippen LogP contribution >= 0.6 is 0 Å². The molecule has 4 nitrogen and oxygen atoms in total. The van der Waals surface area contributed by atoms with E-state index in [0.29, 0.717) is 6.42 Å². The first-order valence-corrected chi connectivity index (χ1v) is 7.03. The first-order valence-electron chi connectivity index (χ1n) is 7.03. The lowest BCUT2D eigenvalue weighted by Crippen LogP contribution is -2.38. The molecule has 0 fully saturated rings. The standard InChI is InChI=1S/C16H22O4/c1-2-16(14(17)18,15(19)20)12-8-4-7-11-13-9-5-3-6-10-13/h3,5-6,9-10H,2,4,7-8,11-12H2,1H3,(H,17,18)(H,19,20). The lowest BCUT2D eigenvalue weighted by atomic mass is 9.80. The summed E-state index contributed by atoms with van der Waals surface area (Å²) in [5.41, 5.74) is -0.363. The normalized spacial score (nSPS) is 11.2. The van der Waals surface area contributed by atoms with Crippen molar-refractivity contribution in [3.8, 4) is 0 Å². The van der Waals surface area contributed by atoms with E-state index < -0.39 is 17.4 Å². The van der Waals surface area contributed by atoms with E-state index in [1.807, 2.05) is 18.2 Å². The number of hydrogen-bond acceptors (Lipinski definition) is 2. The van der Waals surface area contributed by atoms with Crippen molar-refractivity contribution in [2.45, 2.75) is 45.4 Å². The fraction of sp³-hybridized carbons (Fsp3) is 0.500. The molecule has 4 heteroatoms. The summed E-state index contributed by atoms with van der Waals surface area (Å²) in [7, 11) is 0. The Morgan fingerprint density at radius 1 is 1.00 bits per heavy atom. The average molecular weight is 278 g/mol. The summed E-state index contributed by atoms with van der Waals surface area (Å²) in [5, 5.41) is 18.3. The van der Waals surface area contributed by atoms with E-state index in [-0.39, 0.29) is 12.8 Å². The Kier molecular flexibility index (Phi) is 6.22. The molecular formula is C16H22O4. The summed E-state index contributed by atoms with van der Waals surface area (Å²) >= 11 is 0. The number of aliphatic carboxylic acids is 2. The minimum atomic E-state index is -1.62. The smallest absolute Gasteiger partial charge is 0.321 e. The molecule has 1 rings (SSSR count). The van der Waals surface area contributed by atoms with Gasteiger partial charge in [0.05, 0.1) is 0 Å². The Balaban J connectivity index is 2.38. The van der Waals surface area contributed by atoms with Crippen LogP contribution in [0.2, 0.25) is 0 Å². The van der Waals surface area contributed by atoms with Crippen molar-refractivity contribution in [2.75, 3.05) is 0 Å². The van der Waals surface area contributed by atoms with Crippen LogP contribution in [0.1, 0.15) is 44.6 Å². The molecule has 1 aromatic carbocycles. The Morgan fingerprint density at radius 2 is 1.60 bits per heavy atom. The number of carboxylic acids is 2. The highest BCUT2D eigenvalue weighted by Gasteiger charge is 2.44. The van der Waals surface area contributed by atoms with Crippen LogP contribution in [-0.4, -0.2) is 22.2 Å². The second kappa shape index (κ2) is 7.68. The van der Waals surface area contributed by atoms with E-state index in [1.165, 1.54) is 5.56 Å². The van der Waals surface area contributed by atoms with Crippen LogP contribution in [0.4, 0.5) is 0 Å². The molecular weight excluding hydrogens is 256 g/mol. The highest BCUT2D eigenvalue weighted by molar-refractivity contribution is 5.98. The number of carboxylic acid groups (broad SMARTS) is 2. The predicted octanol–water partition coefficient (Wildman–Crippen LogP) is 3.36. The van der Waals surface area contributed by atoms with Gasteiger partial charge in [-0.05, 0) is 31.2 Å². The number of benzene rings is 1. The van der Waals surface area contributed by atoms with Gasteiger partial charge in [0.25, 0.3) is 0 Å². The number of unbranched alkanes of at least 4 members (excludes halogenated alkanes) is 2. The van der Waals surface area contributed by atoms with Crippen LogP contribution in [0.5, 0.6) is 0 Å². The molecule has 0 radical (unpaired) electrons. The van der Waals surface area contributed by atoms with Crippen molar-refractivity contribution < 1.29 is 19.8 Å². The Bertz CT molecular complexity index is 425. The van der Waals surface area contributed by atoms with E-state index in [4.69, 9.17) is 10.2 Å². The highest BCUT2D eigenvalue weighted by Crippen LogP contribution is 2.30. The first-order chi connectivity index (χ1) is 9.53. The topological polar surface area (TPSA) is 74.6 Å². The molecule has 20 heavy (non-hydrogen) atoms. The molecule has 2 N–H and O–H groups in total. The molecule has 0 unspecified atom stereocenters. The fourth-order valence-electron chi connectivity index (χ4n) is 2.36. The van der Waals surface area contributed by atoms with E-state index >= 15 is 0 Å². The molecule has 110 valence electrons. The monoisotopic (exact) mass is 278 g/mol. The lowest BCUT2D eigenvalue weighted by molar-refractivity contribution is -0.165. The lowest BCUT2D eigenvalue weighted by Gasteiger charge is -2.22. The van der Waals surface area contributed by atoms with E-state index in [0.717, 1.165) is 19.3 Å². The SMILES string of the molecule is CCC(CCCCCc1ccccc1)(C(=O)O)C(=O)O. The minimum absolute atomic E-state index is 0.121. The molecule has 1 aromatic rings. The van der Waals surface area contributed by atoms with Gasteiger partial charge in [0.2, 0.25) is 0 Å². The number of rotatable bonds is 9. The largest absolute Gasteiger partial charge is 0.480 e. The highest BCUT2D eigenvalue weighted by atomic mass is 16.4. The second-order valence-electron chi connectivity index (χ2n) is 5.09. The summed E-state index contributed by atoms with van der Waals surface area (Å²) in [4.78, 5) is 22.4. The predicted molar refractivity (Wildman–Crippen MR) is 76.6 cm³/mol. The maximum absolute atomic E-state index is 11.2. The van der Waals surface area contributed by atoms with Gasteiger partial charge in [-0.25, -0.2) is 0 Å². The zero-order valence-corrected chi connectivity index (χ0v) is 11.8. The van der Waals surface area contributed by atoms with Crippen LogP contribution in [0, 0.1) is 5.41 Å². The van der Waals surface area contributed by atoms with E-state index in [2.05, 4.69) is 12.1 Å². The Morgan fingerprint density at radius 3 is 2.10 bits per heavy atom. The van der Waals surface area contributed by atoms with Gasteiger partial charge in [-0.15, -0.1) is 0 Å². The molecule has 0 atom stereocenters. The van der Waals surface area contributed by atoms with Crippen LogP contribution < -0.4 is 0 Å². The van der Waals surface area contributed by atoms with Crippen LogP contribution in [0.25, 0.3) is 0 Å². The van der Waals surface area contributed by atoms with Crippen molar-refractivity contribution in [3.05, 3.63) is 35.9 Å². The van der Waals surface area contributed by atoms with Crippen LogP contribution in [-0.2, 0) is 16.0 Å². The van der Waals surface area contributed by atoms with Gasteiger partial charge in [0.1, 0.15) is 0 Å². The molecule has 0 bridgehead atoms. The Labute approximate surface area is 119 Å². The van der Waals surface area contributed by atoms with Crippen LogP contribution in [0.15, 0.2) is 30.3 Å². The zero-order chi connectivity index (χ0) is 15.0. The third-order valence-corrected chi connectivity index (χ3v) is 3.83. The van der Waals surface area contributed by atoms with Crippen molar-refractivity contribution in [1.29, 1.82) is 0 Å². The van der Waals surface area contributed by atoms with E-state index in [1.54, 1.807) is 6.92 Å². The first kappa shape index (κ1) is 16.2. The molecule has 0 heterocycles. The van der Waals surface area contributed by atoms with Gasteiger partial charge in [-0.2, -0.15) is 0 Å². The molecule has 0 saturated carbocycles. The van der Waals surface area contributed by atoms with Gasteiger partial charge in [-0.1, -0.05) is 50.1 Å². The summed E-state index contributed by atoms with van der Waals surface area (Å²) in [6.07, 6.45) is 3.68. The average Bonchev–Trinajstić information content (AvgIpc) is 2.43. The third-order valence-electron chi connectivity index (χ3n) is 3.83. The maximum atomic E-state index is 11.2. The van der Waals surface area contributed by atoms with Gasteiger partial charge in [0.15, 0.2) is 5.41 Å². The number of hydrogen-bond donors (Lipinski definition) is 2. The second-order valence-corrected chi connectivity index (χ2v) is 5.09. The van der Waals surface area contributed by atoms with Gasteiger partial charge in [0, 0.05) is 0 Å². The van der Waals surface area contributed by atoms with Crippen LogP contribution in [0.3, 0.4) is 0 Å². The molecule has 0 aliphatic rings. The number of aryl methyl sites for hydroxylation is 1.